The zero-order chi connectivity index (χ0) is 14.9. The van der Waals surface area contributed by atoms with Crippen molar-refractivity contribution in [1.29, 1.82) is 0 Å². The fraction of sp³-hybridized carbons (Fsp3) is 0.0556. The number of hydrogen-bond acceptors (Lipinski definition) is 2. The van der Waals surface area contributed by atoms with Crippen LogP contribution in [0, 0.1) is 0 Å². The first-order chi connectivity index (χ1) is 10.8. The minimum Gasteiger partial charge on any atom is -0.454 e. The summed E-state index contributed by atoms with van der Waals surface area (Å²) >= 11 is 6.09. The van der Waals surface area contributed by atoms with Crippen LogP contribution in [0.3, 0.4) is 0 Å². The zero-order valence-electron chi connectivity index (χ0n) is 11.7. The van der Waals surface area contributed by atoms with Crippen LogP contribution in [0.4, 0.5) is 0 Å². The summed E-state index contributed by atoms with van der Waals surface area (Å²) in [6.07, 6.45) is 1.95. The number of halogens is 1. The molecule has 0 radical (unpaired) electrons. The minimum absolute atomic E-state index is 0.388. The van der Waals surface area contributed by atoms with Gasteiger partial charge in [0.05, 0.1) is 11.6 Å². The SMILES string of the molecule is ClCc1cn(-c2ccccc2)nc1-c1cc2ccccc2o1. The molecule has 4 heteroatoms. The fourth-order valence-electron chi connectivity index (χ4n) is 2.53. The molecule has 0 amide bonds. The van der Waals surface area contributed by atoms with Crippen LogP contribution in [0.5, 0.6) is 0 Å². The Morgan fingerprint density at radius 2 is 1.77 bits per heavy atom. The van der Waals surface area contributed by atoms with E-state index in [1.54, 1.807) is 0 Å². The topological polar surface area (TPSA) is 31.0 Å². The molecular weight excluding hydrogens is 296 g/mol. The van der Waals surface area contributed by atoms with E-state index in [1.165, 1.54) is 0 Å². The van der Waals surface area contributed by atoms with Gasteiger partial charge in [0.15, 0.2) is 5.76 Å². The summed E-state index contributed by atoms with van der Waals surface area (Å²) in [6.45, 7) is 0. The van der Waals surface area contributed by atoms with E-state index in [0.29, 0.717) is 5.88 Å². The standard InChI is InChI=1S/C18H13ClN2O/c19-11-14-12-21(15-7-2-1-3-8-15)20-18(14)17-10-13-6-4-5-9-16(13)22-17/h1-10,12H,11H2. The normalized spacial score (nSPS) is 11.1. The molecule has 0 aliphatic heterocycles. The molecule has 0 atom stereocenters. The van der Waals surface area contributed by atoms with Crippen molar-refractivity contribution in [2.75, 3.05) is 0 Å². The monoisotopic (exact) mass is 308 g/mol. The smallest absolute Gasteiger partial charge is 0.156 e. The van der Waals surface area contributed by atoms with Gasteiger partial charge in [-0.25, -0.2) is 4.68 Å². The van der Waals surface area contributed by atoms with Gasteiger partial charge in [-0.15, -0.1) is 11.6 Å². The molecule has 0 aliphatic carbocycles. The molecule has 22 heavy (non-hydrogen) atoms. The van der Waals surface area contributed by atoms with Gasteiger partial charge in [-0.3, -0.25) is 0 Å². The number of nitrogens with zero attached hydrogens (tertiary/aromatic N) is 2. The average molecular weight is 309 g/mol. The van der Waals surface area contributed by atoms with E-state index < -0.39 is 0 Å². The average Bonchev–Trinajstić information content (AvgIpc) is 3.19. The Morgan fingerprint density at radius 1 is 1.00 bits per heavy atom. The molecule has 0 aliphatic rings. The van der Waals surface area contributed by atoms with Crippen molar-refractivity contribution in [2.24, 2.45) is 0 Å². The minimum atomic E-state index is 0.388. The molecule has 0 unspecified atom stereocenters. The Bertz CT molecular complexity index is 892. The lowest BCUT2D eigenvalue weighted by Gasteiger charge is -1.98. The quantitative estimate of drug-likeness (QED) is 0.497. The van der Waals surface area contributed by atoms with Crippen molar-refractivity contribution in [3.63, 3.8) is 0 Å². The largest absolute Gasteiger partial charge is 0.454 e. The lowest BCUT2D eigenvalue weighted by molar-refractivity contribution is 0.626. The molecule has 4 rings (SSSR count). The molecule has 4 aromatic rings. The van der Waals surface area contributed by atoms with Crippen molar-refractivity contribution in [1.82, 2.24) is 9.78 Å². The van der Waals surface area contributed by atoms with Crippen LogP contribution < -0.4 is 0 Å². The van der Waals surface area contributed by atoms with Crippen LogP contribution in [0.2, 0.25) is 0 Å². The Kier molecular flexibility index (Phi) is 3.20. The summed E-state index contributed by atoms with van der Waals surface area (Å²) in [5, 5.41) is 5.72. The number of rotatable bonds is 3. The molecule has 3 nitrogen and oxygen atoms in total. The van der Waals surface area contributed by atoms with Gasteiger partial charge >= 0.3 is 0 Å². The highest BCUT2D eigenvalue weighted by molar-refractivity contribution is 6.17. The number of aromatic nitrogens is 2. The second kappa shape index (κ2) is 5.35. The van der Waals surface area contributed by atoms with Gasteiger partial charge in [0, 0.05) is 17.1 Å². The molecule has 0 fully saturated rings. The maximum absolute atomic E-state index is 6.09. The first-order valence-corrected chi connectivity index (χ1v) is 7.57. The Labute approximate surface area is 132 Å². The molecule has 2 heterocycles. The summed E-state index contributed by atoms with van der Waals surface area (Å²) < 4.78 is 7.74. The third-order valence-electron chi connectivity index (χ3n) is 3.61. The molecule has 0 N–H and O–H groups in total. The van der Waals surface area contributed by atoms with Crippen molar-refractivity contribution in [2.45, 2.75) is 5.88 Å². The number of benzene rings is 2. The van der Waals surface area contributed by atoms with Crippen molar-refractivity contribution >= 4 is 22.6 Å². The molecule has 0 saturated carbocycles. The van der Waals surface area contributed by atoms with Gasteiger partial charge in [-0.2, -0.15) is 5.10 Å². The third kappa shape index (κ3) is 2.20. The van der Waals surface area contributed by atoms with Crippen LogP contribution in [-0.2, 0) is 5.88 Å². The predicted molar refractivity (Wildman–Crippen MR) is 88.3 cm³/mol. The molecule has 2 aromatic heterocycles. The zero-order valence-corrected chi connectivity index (χ0v) is 12.5. The van der Waals surface area contributed by atoms with E-state index in [-0.39, 0.29) is 0 Å². The van der Waals surface area contributed by atoms with E-state index in [1.807, 2.05) is 71.5 Å². The van der Waals surface area contributed by atoms with Crippen LogP contribution in [0.15, 0.2) is 71.3 Å². The van der Waals surface area contributed by atoms with E-state index in [0.717, 1.165) is 33.7 Å². The molecule has 0 spiro atoms. The van der Waals surface area contributed by atoms with E-state index in [9.17, 15) is 0 Å². The second-order valence-electron chi connectivity index (χ2n) is 5.07. The summed E-state index contributed by atoms with van der Waals surface area (Å²) in [5.41, 5.74) is 3.59. The highest BCUT2D eigenvalue weighted by Crippen LogP contribution is 2.30. The second-order valence-corrected chi connectivity index (χ2v) is 5.33. The molecule has 0 saturated heterocycles. The number of alkyl halides is 1. The van der Waals surface area contributed by atoms with Crippen molar-refractivity contribution in [3.05, 3.63) is 72.4 Å². The first kappa shape index (κ1) is 13.2. The summed E-state index contributed by atoms with van der Waals surface area (Å²) in [6, 6.07) is 19.9. The number of para-hydroxylation sites is 2. The number of furan rings is 1. The molecule has 2 aromatic carbocycles. The van der Waals surface area contributed by atoms with Crippen LogP contribution in [-0.4, -0.2) is 9.78 Å². The van der Waals surface area contributed by atoms with Crippen LogP contribution in [0.1, 0.15) is 5.56 Å². The lowest BCUT2D eigenvalue weighted by Crippen LogP contribution is -1.93. The van der Waals surface area contributed by atoms with E-state index >= 15 is 0 Å². The fourth-order valence-corrected chi connectivity index (χ4v) is 2.72. The predicted octanol–water partition coefficient (Wildman–Crippen LogP) is 5.02. The van der Waals surface area contributed by atoms with E-state index in [2.05, 4.69) is 5.10 Å². The maximum Gasteiger partial charge on any atom is 0.156 e. The highest BCUT2D eigenvalue weighted by atomic mass is 35.5. The summed E-state index contributed by atoms with van der Waals surface area (Å²) in [5.74, 6) is 1.13. The van der Waals surface area contributed by atoms with Crippen LogP contribution in [0.25, 0.3) is 28.1 Å². The van der Waals surface area contributed by atoms with Gasteiger partial charge in [-0.1, -0.05) is 36.4 Å². The summed E-state index contributed by atoms with van der Waals surface area (Å²) in [4.78, 5) is 0. The van der Waals surface area contributed by atoms with Gasteiger partial charge in [0.25, 0.3) is 0 Å². The first-order valence-electron chi connectivity index (χ1n) is 7.04. The summed E-state index contributed by atoms with van der Waals surface area (Å²) in [7, 11) is 0. The number of hydrogen-bond donors (Lipinski definition) is 0. The van der Waals surface area contributed by atoms with Gasteiger partial charge in [0.2, 0.25) is 0 Å². The maximum atomic E-state index is 6.09. The molecule has 108 valence electrons. The number of fused-ring (bicyclic) bond motifs is 1. The Morgan fingerprint density at radius 3 is 2.55 bits per heavy atom. The third-order valence-corrected chi connectivity index (χ3v) is 3.90. The van der Waals surface area contributed by atoms with Gasteiger partial charge < -0.3 is 4.42 Å². The lowest BCUT2D eigenvalue weighted by atomic mass is 10.2. The van der Waals surface area contributed by atoms with Gasteiger partial charge in [-0.05, 0) is 24.3 Å². The molecular formula is C18H13ClN2O. The van der Waals surface area contributed by atoms with Crippen LogP contribution >= 0.6 is 11.6 Å². The van der Waals surface area contributed by atoms with Gasteiger partial charge in [0.1, 0.15) is 11.3 Å². The van der Waals surface area contributed by atoms with Crippen molar-refractivity contribution in [3.8, 4) is 17.1 Å². The Balaban J connectivity index is 1.85. The highest BCUT2D eigenvalue weighted by Gasteiger charge is 2.15. The Hall–Kier alpha value is -2.52. The van der Waals surface area contributed by atoms with E-state index in [4.69, 9.17) is 16.0 Å². The van der Waals surface area contributed by atoms with Crippen molar-refractivity contribution < 1.29 is 4.42 Å². The molecule has 0 bridgehead atoms.